The summed E-state index contributed by atoms with van der Waals surface area (Å²) in [5.41, 5.74) is 8.67. The Morgan fingerprint density at radius 1 is 0.432 bits per heavy atom. The van der Waals surface area contributed by atoms with Gasteiger partial charge in [0.1, 0.15) is 11.2 Å². The summed E-state index contributed by atoms with van der Waals surface area (Å²) in [6.07, 6.45) is 0. The summed E-state index contributed by atoms with van der Waals surface area (Å²) >= 11 is 1.81. The Morgan fingerprint density at radius 2 is 1.09 bits per heavy atom. The van der Waals surface area contributed by atoms with E-state index in [0.717, 1.165) is 61.1 Å². The first-order chi connectivity index (χ1) is 21.8. The molecule has 0 radical (unpaired) electrons. The van der Waals surface area contributed by atoms with Crippen LogP contribution in [-0.2, 0) is 0 Å². The van der Waals surface area contributed by atoms with Gasteiger partial charge in [0, 0.05) is 47.6 Å². The van der Waals surface area contributed by atoms with Gasteiger partial charge in [-0.05, 0) is 41.5 Å². The molecule has 0 amide bonds. The van der Waals surface area contributed by atoms with Gasteiger partial charge in [0.05, 0.1) is 11.4 Å². The fourth-order valence-corrected chi connectivity index (χ4v) is 7.39. The number of aromatic nitrogens is 2. The highest BCUT2D eigenvalue weighted by Crippen LogP contribution is 2.40. The van der Waals surface area contributed by atoms with Crippen LogP contribution in [0.4, 0.5) is 0 Å². The molecular formula is C40H24N2OS. The molecule has 0 unspecified atom stereocenters. The first-order valence-corrected chi connectivity index (χ1v) is 15.5. The van der Waals surface area contributed by atoms with Gasteiger partial charge in [0.15, 0.2) is 5.82 Å². The number of furan rings is 1. The van der Waals surface area contributed by atoms with Crippen LogP contribution < -0.4 is 0 Å². The number of fused-ring (bicyclic) bond motifs is 6. The van der Waals surface area contributed by atoms with Crippen molar-refractivity contribution >= 4 is 53.4 Å². The van der Waals surface area contributed by atoms with Gasteiger partial charge in [-0.3, -0.25) is 0 Å². The van der Waals surface area contributed by atoms with E-state index in [1.54, 1.807) is 11.3 Å². The lowest BCUT2D eigenvalue weighted by Crippen LogP contribution is -1.97. The zero-order valence-corrected chi connectivity index (χ0v) is 24.4. The Labute approximate surface area is 257 Å². The lowest BCUT2D eigenvalue weighted by Gasteiger charge is -2.13. The SMILES string of the molecule is c1ccc(-c2ccccc2-c2cc(-c3cccc4c3oc3ccccc34)nc(-c3ccc4c(c3)sc3ccccc34)n2)cc1. The van der Waals surface area contributed by atoms with Gasteiger partial charge in [-0.1, -0.05) is 115 Å². The van der Waals surface area contributed by atoms with Crippen LogP contribution in [0.15, 0.2) is 150 Å². The molecule has 0 aliphatic rings. The second-order valence-corrected chi connectivity index (χ2v) is 12.0. The fourth-order valence-electron chi connectivity index (χ4n) is 6.24. The van der Waals surface area contributed by atoms with Crippen LogP contribution in [0.5, 0.6) is 0 Å². The molecule has 0 spiro atoms. The Kier molecular flexibility index (Phi) is 5.68. The van der Waals surface area contributed by atoms with Gasteiger partial charge in [0.25, 0.3) is 0 Å². The minimum Gasteiger partial charge on any atom is -0.455 e. The second-order valence-electron chi connectivity index (χ2n) is 11.0. The smallest absolute Gasteiger partial charge is 0.160 e. The van der Waals surface area contributed by atoms with E-state index in [1.807, 2.05) is 18.2 Å². The molecule has 9 rings (SSSR count). The van der Waals surface area contributed by atoms with Crippen molar-refractivity contribution in [2.45, 2.75) is 0 Å². The summed E-state index contributed by atoms with van der Waals surface area (Å²) in [7, 11) is 0. The van der Waals surface area contributed by atoms with Crippen LogP contribution in [0.1, 0.15) is 0 Å². The number of thiophene rings is 1. The zero-order valence-electron chi connectivity index (χ0n) is 23.6. The average molecular weight is 581 g/mol. The molecule has 206 valence electrons. The monoisotopic (exact) mass is 580 g/mol. The molecule has 0 N–H and O–H groups in total. The first kappa shape index (κ1) is 25.0. The molecule has 9 aromatic rings. The highest BCUT2D eigenvalue weighted by atomic mass is 32.1. The molecule has 3 heterocycles. The molecule has 0 fully saturated rings. The predicted molar refractivity (Wildman–Crippen MR) is 184 cm³/mol. The van der Waals surface area contributed by atoms with Crippen LogP contribution >= 0.6 is 11.3 Å². The van der Waals surface area contributed by atoms with Gasteiger partial charge in [-0.2, -0.15) is 0 Å². The van der Waals surface area contributed by atoms with Crippen molar-refractivity contribution in [2.75, 3.05) is 0 Å². The van der Waals surface area contributed by atoms with Crippen LogP contribution in [0, 0.1) is 0 Å². The Hall–Kier alpha value is -5.58. The van der Waals surface area contributed by atoms with Crippen molar-refractivity contribution in [3.05, 3.63) is 146 Å². The molecule has 6 aromatic carbocycles. The summed E-state index contributed by atoms with van der Waals surface area (Å²) in [6.45, 7) is 0. The predicted octanol–water partition coefficient (Wildman–Crippen LogP) is 11.4. The topological polar surface area (TPSA) is 38.9 Å². The molecule has 0 atom stereocenters. The highest BCUT2D eigenvalue weighted by Gasteiger charge is 2.18. The van der Waals surface area contributed by atoms with E-state index >= 15 is 0 Å². The minimum absolute atomic E-state index is 0.688. The maximum Gasteiger partial charge on any atom is 0.160 e. The second kappa shape index (κ2) is 10.0. The molecule has 3 nitrogen and oxygen atoms in total. The summed E-state index contributed by atoms with van der Waals surface area (Å²) < 4.78 is 8.96. The van der Waals surface area contributed by atoms with E-state index < -0.39 is 0 Å². The van der Waals surface area contributed by atoms with Gasteiger partial charge in [-0.15, -0.1) is 11.3 Å². The van der Waals surface area contributed by atoms with Crippen molar-refractivity contribution in [3.63, 3.8) is 0 Å². The van der Waals surface area contributed by atoms with E-state index in [9.17, 15) is 0 Å². The third kappa shape index (κ3) is 4.03. The van der Waals surface area contributed by atoms with Crippen LogP contribution in [0.3, 0.4) is 0 Å². The molecule has 44 heavy (non-hydrogen) atoms. The zero-order chi connectivity index (χ0) is 29.0. The number of benzene rings is 6. The van der Waals surface area contributed by atoms with E-state index in [1.165, 1.54) is 20.2 Å². The average Bonchev–Trinajstić information content (AvgIpc) is 3.66. The molecule has 3 aromatic heterocycles. The van der Waals surface area contributed by atoms with Gasteiger partial charge >= 0.3 is 0 Å². The van der Waals surface area contributed by atoms with E-state index in [0.29, 0.717) is 5.82 Å². The van der Waals surface area contributed by atoms with Gasteiger partial charge in [-0.25, -0.2) is 9.97 Å². The van der Waals surface area contributed by atoms with Crippen molar-refractivity contribution in [3.8, 4) is 45.0 Å². The summed E-state index contributed by atoms with van der Waals surface area (Å²) in [5.74, 6) is 0.688. The third-order valence-electron chi connectivity index (χ3n) is 8.33. The maximum absolute atomic E-state index is 6.45. The van der Waals surface area contributed by atoms with Crippen LogP contribution in [0.2, 0.25) is 0 Å². The Bertz CT molecular complexity index is 2510. The highest BCUT2D eigenvalue weighted by molar-refractivity contribution is 7.25. The molecular weight excluding hydrogens is 557 g/mol. The number of para-hydroxylation sites is 2. The number of nitrogens with zero attached hydrogens (tertiary/aromatic N) is 2. The van der Waals surface area contributed by atoms with Gasteiger partial charge < -0.3 is 4.42 Å². The lowest BCUT2D eigenvalue weighted by molar-refractivity contribution is 0.670. The van der Waals surface area contributed by atoms with Crippen molar-refractivity contribution in [1.29, 1.82) is 0 Å². The Balaban J connectivity index is 1.31. The van der Waals surface area contributed by atoms with Crippen molar-refractivity contribution < 1.29 is 4.42 Å². The van der Waals surface area contributed by atoms with Crippen molar-refractivity contribution in [2.24, 2.45) is 0 Å². The summed E-state index contributed by atoms with van der Waals surface area (Å²) in [5, 5.41) is 4.72. The number of rotatable bonds is 4. The molecule has 4 heteroatoms. The van der Waals surface area contributed by atoms with Gasteiger partial charge in [0.2, 0.25) is 0 Å². The quantitative estimate of drug-likeness (QED) is 0.208. The standard InChI is InChI=1S/C40H24N2OS/c1-2-11-25(12-3-1)27-13-4-5-14-28(27)34-24-35(33-18-10-17-32-29-15-6-8-19-36(29)43-39(32)33)42-40(41-34)26-21-22-31-30-16-7-9-20-37(30)44-38(31)23-26/h1-24H. The fraction of sp³-hybridized carbons (Fsp3) is 0. The largest absolute Gasteiger partial charge is 0.455 e. The molecule has 0 bridgehead atoms. The van der Waals surface area contributed by atoms with Crippen molar-refractivity contribution in [1.82, 2.24) is 9.97 Å². The molecule has 0 aliphatic carbocycles. The lowest BCUT2D eigenvalue weighted by atomic mass is 9.96. The first-order valence-electron chi connectivity index (χ1n) is 14.7. The van der Waals surface area contributed by atoms with E-state index in [4.69, 9.17) is 14.4 Å². The third-order valence-corrected chi connectivity index (χ3v) is 9.46. The summed E-state index contributed by atoms with van der Waals surface area (Å²) in [4.78, 5) is 10.4. The Morgan fingerprint density at radius 3 is 1.98 bits per heavy atom. The molecule has 0 aliphatic heterocycles. The normalized spacial score (nSPS) is 11.6. The summed E-state index contributed by atoms with van der Waals surface area (Å²) in [6, 6.07) is 50.7. The van der Waals surface area contributed by atoms with Crippen LogP contribution in [-0.4, -0.2) is 9.97 Å². The number of hydrogen-bond donors (Lipinski definition) is 0. The molecule has 0 saturated carbocycles. The molecule has 0 saturated heterocycles. The van der Waals surface area contributed by atoms with E-state index in [2.05, 4.69) is 127 Å². The minimum atomic E-state index is 0.688. The van der Waals surface area contributed by atoms with Crippen LogP contribution in [0.25, 0.3) is 87.1 Å². The maximum atomic E-state index is 6.45. The number of hydrogen-bond acceptors (Lipinski definition) is 4. The van der Waals surface area contributed by atoms with E-state index in [-0.39, 0.29) is 0 Å².